The number of hydrazone groups is 1. The van der Waals surface area contributed by atoms with Crippen LogP contribution in [0, 0.1) is 6.08 Å². The number of halogens is 2. The molecule has 4 rings (SSSR count). The van der Waals surface area contributed by atoms with Crippen LogP contribution in [0.5, 0.6) is 34.5 Å². The van der Waals surface area contributed by atoms with E-state index in [1.165, 1.54) is 0 Å². The summed E-state index contributed by atoms with van der Waals surface area (Å²) in [6.45, 7) is 23.2. The van der Waals surface area contributed by atoms with E-state index in [1.807, 2.05) is 83.1 Å². The topological polar surface area (TPSA) is 149 Å². The molecule has 0 fully saturated rings. The maximum absolute atomic E-state index is 11.7. The SMILES string of the molecule is CC(C)c1cc(C(C)C)c(O)c(C2=[C-]C(c3c(O)c(C(C)C)cc(C(C)C)c3O)=NN(c3c(O)c(C(C)C)cc(C(C)C)c3O)N2)c1O.[Cl-].[Cl-].[Zr+3]. The molecule has 1 aliphatic rings. The van der Waals surface area contributed by atoms with E-state index < -0.39 is 0 Å². The largest absolute Gasteiger partial charge is 3.00 e. The second-order valence-corrected chi connectivity index (χ2v) is 14.7. The molecule has 0 saturated carbocycles. The predicted octanol–water partition coefficient (Wildman–Crippen LogP) is 3.24. The molecule has 51 heavy (non-hydrogen) atoms. The number of rotatable bonds is 9. The molecule has 12 heteroatoms. The van der Waals surface area contributed by atoms with E-state index in [0.717, 1.165) is 5.12 Å². The summed E-state index contributed by atoms with van der Waals surface area (Å²) in [6.07, 6.45) is 3.14. The van der Waals surface area contributed by atoms with Crippen molar-refractivity contribution in [3.8, 4) is 34.5 Å². The number of allylic oxidation sites excluding steroid dienone is 1. The first-order chi connectivity index (χ1) is 22.3. The summed E-state index contributed by atoms with van der Waals surface area (Å²) in [4.78, 5) is 0. The molecular formula is C39H52Cl2N3O6Zr. The van der Waals surface area contributed by atoms with Crippen molar-refractivity contribution in [1.82, 2.24) is 5.43 Å². The quantitative estimate of drug-likeness (QED) is 0.163. The zero-order valence-electron chi connectivity index (χ0n) is 31.5. The Kier molecular flexibility index (Phi) is 15.9. The minimum absolute atomic E-state index is 0. The fraction of sp³-hybridized carbons (Fsp3) is 0.462. The Morgan fingerprint density at radius 1 is 0.490 bits per heavy atom. The van der Waals surface area contributed by atoms with Crippen LogP contribution in [-0.2, 0) is 26.2 Å². The number of aromatic hydroxyl groups is 6. The van der Waals surface area contributed by atoms with Crippen molar-refractivity contribution in [1.29, 1.82) is 0 Å². The van der Waals surface area contributed by atoms with Gasteiger partial charge in [-0.3, -0.25) is 0 Å². The number of nitrogens with zero attached hydrogens (tertiary/aromatic N) is 2. The fourth-order valence-electron chi connectivity index (χ4n) is 6.14. The van der Waals surface area contributed by atoms with Crippen LogP contribution in [-0.4, -0.2) is 36.4 Å². The molecule has 0 bridgehead atoms. The van der Waals surface area contributed by atoms with Crippen LogP contribution in [0.2, 0.25) is 0 Å². The average molecular weight is 821 g/mol. The number of benzene rings is 3. The summed E-state index contributed by atoms with van der Waals surface area (Å²) in [5, 5.41) is 75.9. The van der Waals surface area contributed by atoms with Crippen molar-refractivity contribution in [2.75, 3.05) is 5.12 Å². The van der Waals surface area contributed by atoms with Gasteiger partial charge in [-0.1, -0.05) is 95.2 Å². The van der Waals surface area contributed by atoms with Gasteiger partial charge in [0, 0.05) is 0 Å². The molecule has 0 amide bonds. The minimum atomic E-state index is -0.219. The Bertz CT molecular complexity index is 1710. The first kappa shape index (κ1) is 46.0. The standard InChI is InChI=1S/C39H52N3O6.2ClH.Zr/c1-17(2)23-13-24(18(3)4)35(44)31(34(23)43)29-16-30(32-36(45)25(19(5)6)14-26(20(7)8)37(32)46)41-42(40-29)33-38(47)27(21(9)10)15-28(22(11)12)39(33)48;;;/h13-15,17-22,40,43-48H,1-12H3;2*1H;/q-1;;;+3/p-2. The predicted molar refractivity (Wildman–Crippen MR) is 193 cm³/mol. The van der Waals surface area contributed by atoms with Gasteiger partial charge in [0.05, 0.1) is 23.0 Å². The zero-order chi connectivity index (χ0) is 36.1. The Morgan fingerprint density at radius 2 is 0.765 bits per heavy atom. The first-order valence-electron chi connectivity index (χ1n) is 16.9. The van der Waals surface area contributed by atoms with Crippen LogP contribution in [0.15, 0.2) is 23.3 Å². The summed E-state index contributed by atoms with van der Waals surface area (Å²) in [5.74, 6) is -1.87. The van der Waals surface area contributed by atoms with E-state index in [-0.39, 0.29) is 149 Å². The molecule has 3 aromatic rings. The van der Waals surface area contributed by atoms with E-state index >= 15 is 0 Å². The molecule has 1 radical (unpaired) electrons. The molecule has 277 valence electrons. The van der Waals surface area contributed by atoms with Gasteiger partial charge in [-0.25, -0.2) is 0 Å². The Hall–Kier alpha value is -3.07. The number of hydrazine groups is 1. The molecule has 1 heterocycles. The van der Waals surface area contributed by atoms with Gasteiger partial charge < -0.3 is 60.9 Å². The van der Waals surface area contributed by atoms with Crippen molar-refractivity contribution in [3.63, 3.8) is 0 Å². The molecule has 0 saturated heterocycles. The van der Waals surface area contributed by atoms with Crippen molar-refractivity contribution < 1.29 is 81.7 Å². The number of hydrogen-bond donors (Lipinski definition) is 7. The van der Waals surface area contributed by atoms with E-state index in [2.05, 4.69) is 11.5 Å². The van der Waals surface area contributed by atoms with Gasteiger partial charge >= 0.3 is 26.2 Å². The van der Waals surface area contributed by atoms with Gasteiger partial charge in [0.15, 0.2) is 5.69 Å². The van der Waals surface area contributed by atoms with Crippen LogP contribution in [0.25, 0.3) is 5.70 Å². The molecule has 1 aliphatic heterocycles. The molecule has 9 nitrogen and oxygen atoms in total. The fourth-order valence-corrected chi connectivity index (χ4v) is 6.14. The minimum Gasteiger partial charge on any atom is -1.00 e. The Labute approximate surface area is 334 Å². The van der Waals surface area contributed by atoms with Gasteiger partial charge in [0.1, 0.15) is 11.5 Å². The molecule has 7 N–H and O–H groups in total. The van der Waals surface area contributed by atoms with Crippen LogP contribution >= 0.6 is 0 Å². The average Bonchev–Trinajstić information content (AvgIpc) is 2.96. The van der Waals surface area contributed by atoms with Crippen LogP contribution < -0.4 is 35.4 Å². The third-order valence-electron chi connectivity index (χ3n) is 9.06. The van der Waals surface area contributed by atoms with Crippen molar-refractivity contribution in [2.24, 2.45) is 5.10 Å². The third kappa shape index (κ3) is 8.61. The molecule has 3 aromatic carbocycles. The molecule has 0 aromatic heterocycles. The van der Waals surface area contributed by atoms with Gasteiger partial charge in [0.2, 0.25) is 0 Å². The monoisotopic (exact) mass is 818 g/mol. The smallest absolute Gasteiger partial charge is 1.00 e. The molecule has 0 aliphatic carbocycles. The van der Waals surface area contributed by atoms with E-state index in [4.69, 9.17) is 5.10 Å². The van der Waals surface area contributed by atoms with Crippen molar-refractivity contribution in [2.45, 2.75) is 119 Å². The third-order valence-corrected chi connectivity index (χ3v) is 9.06. The van der Waals surface area contributed by atoms with Crippen molar-refractivity contribution >= 4 is 17.1 Å². The van der Waals surface area contributed by atoms with Gasteiger partial charge in [0.25, 0.3) is 0 Å². The zero-order valence-corrected chi connectivity index (χ0v) is 35.5. The number of nitrogens with one attached hydrogen (secondary N) is 1. The van der Waals surface area contributed by atoms with Gasteiger partial charge in [-0.05, 0) is 97.5 Å². The molecular weight excluding hydrogens is 769 g/mol. The maximum atomic E-state index is 11.7. The van der Waals surface area contributed by atoms with E-state index in [0.29, 0.717) is 33.4 Å². The van der Waals surface area contributed by atoms with Crippen LogP contribution in [0.3, 0.4) is 0 Å². The summed E-state index contributed by atoms with van der Waals surface area (Å²) >= 11 is 0. The molecule has 0 atom stereocenters. The maximum Gasteiger partial charge on any atom is 3.00 e. The molecule has 0 spiro atoms. The number of phenols is 6. The molecule has 0 unspecified atom stereocenters. The summed E-state index contributed by atoms with van der Waals surface area (Å²) in [7, 11) is 0. The number of phenolic OH excluding ortho intramolecular Hbond substituents is 6. The Morgan fingerprint density at radius 3 is 1.06 bits per heavy atom. The van der Waals surface area contributed by atoms with Gasteiger partial charge in [-0.2, -0.15) is 10.2 Å². The second-order valence-electron chi connectivity index (χ2n) is 14.7. The summed E-state index contributed by atoms with van der Waals surface area (Å²) < 4.78 is 0. The van der Waals surface area contributed by atoms with E-state index in [1.54, 1.807) is 18.2 Å². The summed E-state index contributed by atoms with van der Waals surface area (Å²) in [5.41, 5.74) is 6.60. The first-order valence-corrected chi connectivity index (χ1v) is 16.9. The normalized spacial score (nSPS) is 12.9. The number of hydrogen-bond acceptors (Lipinski definition) is 9. The Balaban J connectivity index is 0.00000433. The summed E-state index contributed by atoms with van der Waals surface area (Å²) in [6, 6.07) is 5.35. The number of anilines is 1. The van der Waals surface area contributed by atoms with Crippen LogP contribution in [0.4, 0.5) is 5.69 Å². The van der Waals surface area contributed by atoms with Crippen molar-refractivity contribution in [3.05, 3.63) is 68.8 Å². The van der Waals surface area contributed by atoms with E-state index in [9.17, 15) is 30.6 Å². The van der Waals surface area contributed by atoms with Gasteiger partial charge in [-0.15, -0.1) is 6.08 Å². The second kappa shape index (κ2) is 17.6. The van der Waals surface area contributed by atoms with Crippen LogP contribution in [0.1, 0.15) is 163 Å².